The highest BCUT2D eigenvalue weighted by Gasteiger charge is 2.13. The van der Waals surface area contributed by atoms with Crippen LogP contribution >= 0.6 is 11.3 Å². The normalized spacial score (nSPS) is 14.8. The Balaban J connectivity index is 2.30. The Morgan fingerprint density at radius 3 is 2.82 bits per heavy atom. The second kappa shape index (κ2) is 5.00. The van der Waals surface area contributed by atoms with E-state index in [-0.39, 0.29) is 0 Å². The summed E-state index contributed by atoms with van der Waals surface area (Å²) >= 11 is 1.71. The molecule has 4 heteroatoms. The molecule has 0 fully saturated rings. The third-order valence-corrected chi connectivity index (χ3v) is 4.49. The average molecular weight is 249 g/mol. The van der Waals surface area contributed by atoms with Gasteiger partial charge in [-0.1, -0.05) is 20.3 Å². The summed E-state index contributed by atoms with van der Waals surface area (Å²) in [6.07, 6.45) is 2.82. The van der Waals surface area contributed by atoms with E-state index in [1.54, 1.807) is 17.7 Å². The summed E-state index contributed by atoms with van der Waals surface area (Å²) in [4.78, 5) is 8.70. The smallest absolute Gasteiger partial charge is 0.147 e. The van der Waals surface area contributed by atoms with Crippen LogP contribution in [0.25, 0.3) is 10.2 Å². The Bertz CT molecular complexity index is 506. The minimum Gasteiger partial charge on any atom is -0.366 e. The number of thiophene rings is 1. The van der Waals surface area contributed by atoms with Crippen LogP contribution in [0.4, 0.5) is 5.82 Å². The maximum Gasteiger partial charge on any atom is 0.147 e. The van der Waals surface area contributed by atoms with Crippen molar-refractivity contribution in [1.82, 2.24) is 9.97 Å². The standard InChI is InChI=1S/C13H19N3S/c1-5-8(2)10(4)16-13-12-11(14-7-15-13)9(3)6-17-12/h6-8,10H,5H2,1-4H3,(H,14,15,16). The van der Waals surface area contributed by atoms with Crippen LogP contribution < -0.4 is 5.32 Å². The molecular weight excluding hydrogens is 230 g/mol. The molecule has 0 aliphatic heterocycles. The Hall–Kier alpha value is -1.16. The first kappa shape index (κ1) is 12.3. The number of nitrogens with zero attached hydrogens (tertiary/aromatic N) is 2. The zero-order chi connectivity index (χ0) is 12.4. The van der Waals surface area contributed by atoms with Crippen molar-refractivity contribution < 1.29 is 0 Å². The lowest BCUT2D eigenvalue weighted by molar-refractivity contribution is 0.494. The molecule has 3 nitrogen and oxygen atoms in total. The van der Waals surface area contributed by atoms with E-state index in [0.29, 0.717) is 12.0 Å². The van der Waals surface area contributed by atoms with Gasteiger partial charge in [0.1, 0.15) is 12.1 Å². The largest absolute Gasteiger partial charge is 0.366 e. The van der Waals surface area contributed by atoms with Gasteiger partial charge in [-0.15, -0.1) is 11.3 Å². The minimum atomic E-state index is 0.431. The fourth-order valence-corrected chi connectivity index (χ4v) is 2.74. The molecule has 0 spiro atoms. The zero-order valence-corrected chi connectivity index (χ0v) is 11.6. The first-order valence-corrected chi connectivity index (χ1v) is 6.96. The quantitative estimate of drug-likeness (QED) is 0.894. The molecule has 0 aromatic carbocycles. The second-order valence-electron chi connectivity index (χ2n) is 4.64. The molecule has 1 N–H and O–H groups in total. The van der Waals surface area contributed by atoms with E-state index in [4.69, 9.17) is 0 Å². The Morgan fingerprint density at radius 2 is 2.12 bits per heavy atom. The maximum atomic E-state index is 4.37. The highest BCUT2D eigenvalue weighted by molar-refractivity contribution is 7.18. The summed E-state index contributed by atoms with van der Waals surface area (Å²) in [5, 5.41) is 5.65. The van der Waals surface area contributed by atoms with Gasteiger partial charge < -0.3 is 5.32 Å². The Morgan fingerprint density at radius 1 is 1.35 bits per heavy atom. The molecule has 0 bridgehead atoms. The lowest BCUT2D eigenvalue weighted by Gasteiger charge is -2.20. The third-order valence-electron chi connectivity index (χ3n) is 3.39. The predicted octanol–water partition coefficient (Wildman–Crippen LogP) is 3.85. The van der Waals surface area contributed by atoms with Crippen LogP contribution in [0.15, 0.2) is 11.7 Å². The van der Waals surface area contributed by atoms with Gasteiger partial charge >= 0.3 is 0 Å². The monoisotopic (exact) mass is 249 g/mol. The fraction of sp³-hybridized carbons (Fsp3) is 0.538. The van der Waals surface area contributed by atoms with Crippen molar-refractivity contribution in [2.45, 2.75) is 40.2 Å². The van der Waals surface area contributed by atoms with E-state index in [1.165, 1.54) is 16.7 Å². The third kappa shape index (κ3) is 2.41. The molecule has 17 heavy (non-hydrogen) atoms. The van der Waals surface area contributed by atoms with Crippen molar-refractivity contribution in [3.05, 3.63) is 17.3 Å². The molecule has 2 aromatic rings. The van der Waals surface area contributed by atoms with Crippen LogP contribution in [0.1, 0.15) is 32.8 Å². The molecule has 0 saturated carbocycles. The van der Waals surface area contributed by atoms with Crippen molar-refractivity contribution in [3.63, 3.8) is 0 Å². The second-order valence-corrected chi connectivity index (χ2v) is 5.52. The summed E-state index contributed by atoms with van der Waals surface area (Å²) in [6.45, 7) is 8.78. The van der Waals surface area contributed by atoms with Crippen molar-refractivity contribution in [1.29, 1.82) is 0 Å². The van der Waals surface area contributed by atoms with Gasteiger partial charge in [0.25, 0.3) is 0 Å². The first-order chi connectivity index (χ1) is 8.13. The summed E-state index contributed by atoms with van der Waals surface area (Å²) in [5.41, 5.74) is 2.30. The summed E-state index contributed by atoms with van der Waals surface area (Å²) in [7, 11) is 0. The van der Waals surface area contributed by atoms with Gasteiger partial charge in [-0.2, -0.15) is 0 Å². The van der Waals surface area contributed by atoms with Gasteiger partial charge in [0.2, 0.25) is 0 Å². The van der Waals surface area contributed by atoms with Crippen LogP contribution in [0.3, 0.4) is 0 Å². The van der Waals surface area contributed by atoms with Gasteiger partial charge in [0.05, 0.1) is 10.2 Å². The van der Waals surface area contributed by atoms with E-state index in [9.17, 15) is 0 Å². The fourth-order valence-electron chi connectivity index (χ4n) is 1.78. The molecule has 0 saturated heterocycles. The molecule has 0 aliphatic carbocycles. The minimum absolute atomic E-state index is 0.431. The number of nitrogens with one attached hydrogen (secondary N) is 1. The molecule has 2 rings (SSSR count). The molecule has 0 aliphatic rings. The molecule has 0 amide bonds. The number of hydrogen-bond donors (Lipinski definition) is 1. The van der Waals surface area contributed by atoms with E-state index in [1.807, 2.05) is 0 Å². The molecule has 2 unspecified atom stereocenters. The Kier molecular flexibility index (Phi) is 3.62. The van der Waals surface area contributed by atoms with E-state index in [0.717, 1.165) is 11.3 Å². The van der Waals surface area contributed by atoms with E-state index >= 15 is 0 Å². The summed E-state index contributed by atoms with van der Waals surface area (Å²) in [5.74, 6) is 1.61. The van der Waals surface area contributed by atoms with Gasteiger partial charge in [0.15, 0.2) is 0 Å². The molecule has 92 valence electrons. The predicted molar refractivity (Wildman–Crippen MR) is 74.7 cm³/mol. The SMILES string of the molecule is CCC(C)C(C)Nc1ncnc2c(C)csc12. The lowest BCUT2D eigenvalue weighted by Crippen LogP contribution is -2.23. The van der Waals surface area contributed by atoms with Gasteiger partial charge in [-0.05, 0) is 30.7 Å². The number of rotatable bonds is 4. The van der Waals surface area contributed by atoms with Crippen molar-refractivity contribution >= 4 is 27.4 Å². The molecule has 2 aromatic heterocycles. The van der Waals surface area contributed by atoms with Crippen LogP contribution in [0.5, 0.6) is 0 Å². The molecule has 2 atom stereocenters. The number of anilines is 1. The number of fused-ring (bicyclic) bond motifs is 1. The maximum absolute atomic E-state index is 4.37. The van der Waals surface area contributed by atoms with Gasteiger partial charge in [-0.3, -0.25) is 0 Å². The number of aryl methyl sites for hydroxylation is 1. The van der Waals surface area contributed by atoms with Crippen molar-refractivity contribution in [3.8, 4) is 0 Å². The van der Waals surface area contributed by atoms with Gasteiger partial charge in [-0.25, -0.2) is 9.97 Å². The van der Waals surface area contributed by atoms with Crippen LogP contribution in [0, 0.1) is 12.8 Å². The highest BCUT2D eigenvalue weighted by Crippen LogP contribution is 2.29. The zero-order valence-electron chi connectivity index (χ0n) is 10.8. The summed E-state index contributed by atoms with van der Waals surface area (Å²) < 4.78 is 1.17. The number of hydrogen-bond acceptors (Lipinski definition) is 4. The van der Waals surface area contributed by atoms with Crippen molar-refractivity contribution in [2.75, 3.05) is 5.32 Å². The van der Waals surface area contributed by atoms with Crippen LogP contribution in [-0.4, -0.2) is 16.0 Å². The first-order valence-electron chi connectivity index (χ1n) is 6.08. The summed E-state index contributed by atoms with van der Waals surface area (Å²) in [6, 6.07) is 0.431. The molecular formula is C13H19N3S. The highest BCUT2D eigenvalue weighted by atomic mass is 32.1. The Labute approximate surface area is 106 Å². The topological polar surface area (TPSA) is 37.8 Å². The van der Waals surface area contributed by atoms with Crippen LogP contribution in [-0.2, 0) is 0 Å². The average Bonchev–Trinajstić information content (AvgIpc) is 2.71. The lowest BCUT2D eigenvalue weighted by atomic mass is 10.0. The van der Waals surface area contributed by atoms with E-state index in [2.05, 4.69) is 48.4 Å². The van der Waals surface area contributed by atoms with Gasteiger partial charge in [0, 0.05) is 6.04 Å². The molecule has 0 radical (unpaired) electrons. The number of aromatic nitrogens is 2. The molecule has 2 heterocycles. The van der Waals surface area contributed by atoms with Crippen molar-refractivity contribution in [2.24, 2.45) is 5.92 Å². The van der Waals surface area contributed by atoms with Crippen LogP contribution in [0.2, 0.25) is 0 Å². The van der Waals surface area contributed by atoms with E-state index < -0.39 is 0 Å².